The summed E-state index contributed by atoms with van der Waals surface area (Å²) in [5, 5.41) is 7.28. The molecular formula is C110H71F3N20. The predicted molar refractivity (Wildman–Crippen MR) is 524 cm³/mol. The third-order valence-electron chi connectivity index (χ3n) is 29.3. The lowest BCUT2D eigenvalue weighted by Crippen LogP contribution is -2.05. The molecule has 32 aromatic rings. The van der Waals surface area contributed by atoms with Gasteiger partial charge in [0, 0.05) is 0 Å². The minimum atomic E-state index is -4.46. The lowest BCUT2D eigenvalue weighted by atomic mass is 9.84. The topological polar surface area (TPSA) is 156 Å². The predicted octanol–water partition coefficient (Wildman–Crippen LogP) is 26.4. The third-order valence-corrected chi connectivity index (χ3v) is 29.3. The van der Waals surface area contributed by atoms with Crippen LogP contribution in [0, 0.1) is 0 Å². The van der Waals surface area contributed by atoms with Crippen molar-refractivity contribution in [3.8, 4) is 11.1 Å². The van der Waals surface area contributed by atoms with Crippen molar-refractivity contribution in [1.29, 1.82) is 0 Å². The second-order valence-corrected chi connectivity index (χ2v) is 36.5. The standard InChI is InChI=1S/C38H21N5.C26H21N5.C25H19N5.C21H10F3N5/c1-3-11-25-18-32-30(16-23(25)9-1)39-37-41(32)34-20-27(29-15-7-13-22-8-5-6-14-28(22)29)21-35-36(34)43(37)38-40-31-17-24-10-2-4-12-26(24)19-33(31)42(35)38;1-2-8-16(9-3-1)17-14-22-24-23(15-17)30-21-13-7-5-11-19(21)28-26(30)31(24)25-27-18-10-4-6-12-20(18)29(22)25;1-2-8-15(7-1)16-13-21-23-22(14-16)29-20-12-6-4-10-18(20)27-25(29)30(23)24-26-17-9-3-5-11-19(17)28(21)24;22-21(23,24)11-9-16-18-17(10-11)28-15-8-4-2-6-13(15)26-20(28)29(18)19-25-12-5-1-3-7-14(12)27(16)19/h1-21H;4-7,10-16H,1-3,8-9H2;3-6,9-15H,1-2,7-8H2;1-10H. The van der Waals surface area contributed by atoms with E-state index in [9.17, 15) is 13.2 Å². The Morgan fingerprint density at radius 3 is 0.797 bits per heavy atom. The highest BCUT2D eigenvalue weighted by atomic mass is 19.4. The normalized spacial score (nSPS) is 14.4. The van der Waals surface area contributed by atoms with Crippen LogP contribution in [0.4, 0.5) is 13.2 Å². The molecule has 20 nitrogen and oxygen atoms in total. The number of hydrogen-bond donors (Lipinski definition) is 0. The maximum Gasteiger partial charge on any atom is 0.416 e. The van der Waals surface area contributed by atoms with Crippen LogP contribution >= 0.6 is 0 Å². The van der Waals surface area contributed by atoms with Crippen LogP contribution in [0.5, 0.6) is 0 Å². The first-order valence-electron chi connectivity index (χ1n) is 45.8. The molecule has 0 spiro atoms. The first-order chi connectivity index (χ1) is 65.6. The van der Waals surface area contributed by atoms with Crippen molar-refractivity contribution < 1.29 is 13.2 Å². The summed E-state index contributed by atoms with van der Waals surface area (Å²) in [6.07, 6.45) is 7.40. The van der Waals surface area contributed by atoms with Crippen LogP contribution in [-0.2, 0) is 6.18 Å². The molecule has 16 heterocycles. The summed E-state index contributed by atoms with van der Waals surface area (Å²) in [5.41, 5.74) is 33.0. The SMILES string of the molecule is FC(F)(F)c1cc2c3c(c1)n1c4ccccc4nc1n3c1nc3ccccc3n21.c1ccc2c(c1)nc1n2c2cc(C3CCCC3)cc3c2n1c1nc2ccccc2n31.c1ccc2c(c1)nc1n2c2cc(C3CCCCC3)cc3c2n1c1nc2ccccc2n31.c1ccc2cc3c(cc2c1)nc1n3c2cc(-c3cccc4ccccc34)cc3c2n1c1nc2cc4ccccc4cc2n31. The molecule has 2 fully saturated rings. The number of fused-ring (bicyclic) bond motifs is 43. The van der Waals surface area contributed by atoms with E-state index in [0.29, 0.717) is 39.9 Å². The van der Waals surface area contributed by atoms with E-state index in [2.05, 4.69) is 288 Å². The Bertz CT molecular complexity index is 10100. The van der Waals surface area contributed by atoms with Gasteiger partial charge in [-0.15, -0.1) is 0 Å². The van der Waals surface area contributed by atoms with E-state index in [1.165, 1.54) is 158 Å². The van der Waals surface area contributed by atoms with Gasteiger partial charge in [0.1, 0.15) is 22.1 Å². The van der Waals surface area contributed by atoms with Crippen molar-refractivity contribution in [2.45, 2.75) is 75.8 Å². The molecule has 0 aliphatic heterocycles. The molecule has 16 aromatic carbocycles. The van der Waals surface area contributed by atoms with Gasteiger partial charge in [0.15, 0.2) is 0 Å². The maximum atomic E-state index is 13.8. The quantitative estimate of drug-likeness (QED) is 0.169. The van der Waals surface area contributed by atoms with Crippen LogP contribution in [-0.4, -0.2) is 92.7 Å². The molecule has 0 radical (unpaired) electrons. The number of aromatic nitrogens is 20. The zero-order chi connectivity index (χ0) is 86.8. The van der Waals surface area contributed by atoms with E-state index >= 15 is 0 Å². The van der Waals surface area contributed by atoms with E-state index < -0.39 is 11.7 Å². The summed E-state index contributed by atoms with van der Waals surface area (Å²) in [6.45, 7) is 0. The van der Waals surface area contributed by atoms with Crippen LogP contribution in [0.2, 0.25) is 0 Å². The second kappa shape index (κ2) is 26.0. The second-order valence-electron chi connectivity index (χ2n) is 36.5. The fraction of sp³-hybridized carbons (Fsp3) is 0.109. The van der Waals surface area contributed by atoms with Crippen LogP contribution in [0.1, 0.15) is 86.3 Å². The van der Waals surface area contributed by atoms with Gasteiger partial charge in [-0.3, -0.25) is 35.2 Å². The Hall–Kier alpha value is -17.0. The number of alkyl halides is 3. The van der Waals surface area contributed by atoms with Gasteiger partial charge in [-0.2, -0.15) is 13.2 Å². The third kappa shape index (κ3) is 9.71. The molecule has 16 aromatic heterocycles. The minimum Gasteiger partial charge on any atom is -0.276 e. The van der Waals surface area contributed by atoms with E-state index in [1.54, 1.807) is 8.80 Å². The largest absolute Gasteiger partial charge is 0.416 e. The van der Waals surface area contributed by atoms with Crippen molar-refractivity contribution in [1.82, 2.24) is 92.7 Å². The highest BCUT2D eigenvalue weighted by molar-refractivity contribution is 6.13. The summed E-state index contributed by atoms with van der Waals surface area (Å²) in [5.74, 6) is 7.96. The molecule has 23 heteroatoms. The Kier molecular flexibility index (Phi) is 14.1. The molecule has 2 saturated carbocycles. The Morgan fingerprint density at radius 1 is 0.211 bits per heavy atom. The Balaban J connectivity index is 0.0000000844. The van der Waals surface area contributed by atoms with Crippen molar-refractivity contribution in [3.05, 3.63) is 326 Å². The monoisotopic (exact) mass is 1730 g/mol. The minimum absolute atomic E-state index is 0.466. The molecule has 133 heavy (non-hydrogen) atoms. The van der Waals surface area contributed by atoms with Crippen LogP contribution in [0.25, 0.3) is 244 Å². The molecule has 0 amide bonds. The van der Waals surface area contributed by atoms with Gasteiger partial charge < -0.3 is 0 Å². The highest BCUT2D eigenvalue weighted by Crippen LogP contribution is 2.47. The van der Waals surface area contributed by atoms with Crippen LogP contribution in [0.15, 0.2) is 309 Å². The summed E-state index contributed by atoms with van der Waals surface area (Å²) < 4.78 is 67.4. The number of rotatable bonds is 3. The van der Waals surface area contributed by atoms with Gasteiger partial charge in [0.05, 0.1) is 138 Å². The lowest BCUT2D eigenvalue weighted by Gasteiger charge is -2.22. The average molecular weight is 1730 g/mol. The van der Waals surface area contributed by atoms with Gasteiger partial charge in [-0.1, -0.05) is 196 Å². The highest BCUT2D eigenvalue weighted by Gasteiger charge is 2.36. The molecule has 34 rings (SSSR count). The lowest BCUT2D eigenvalue weighted by molar-refractivity contribution is -0.137. The van der Waals surface area contributed by atoms with Crippen molar-refractivity contribution in [2.24, 2.45) is 0 Å². The smallest absolute Gasteiger partial charge is 0.276 e. The molecule has 2 aliphatic rings. The molecule has 0 bridgehead atoms. The fourth-order valence-corrected chi connectivity index (χ4v) is 23.5. The number of halogens is 3. The van der Waals surface area contributed by atoms with E-state index in [1.807, 2.05) is 52.9 Å². The van der Waals surface area contributed by atoms with Crippen LogP contribution in [0.3, 0.4) is 0 Å². The molecule has 0 N–H and O–H groups in total. The van der Waals surface area contributed by atoms with Crippen molar-refractivity contribution >= 4 is 233 Å². The molecule has 0 unspecified atom stereocenters. The van der Waals surface area contributed by atoms with Gasteiger partial charge >= 0.3 is 6.18 Å². The fourth-order valence-electron chi connectivity index (χ4n) is 23.5. The summed E-state index contributed by atoms with van der Waals surface area (Å²) in [7, 11) is 0. The zero-order valence-corrected chi connectivity index (χ0v) is 71.0. The number of hydrogen-bond acceptors (Lipinski definition) is 8. The first-order valence-corrected chi connectivity index (χ1v) is 45.8. The van der Waals surface area contributed by atoms with Crippen molar-refractivity contribution in [3.63, 3.8) is 0 Å². The van der Waals surface area contributed by atoms with Crippen LogP contribution < -0.4 is 0 Å². The molecule has 0 saturated heterocycles. The first kappa shape index (κ1) is 72.0. The Labute approximate surface area is 747 Å². The maximum absolute atomic E-state index is 13.8. The summed E-state index contributed by atoms with van der Waals surface area (Å²) in [6, 6.07) is 107. The average Bonchev–Trinajstić information content (AvgIpc) is 1.52. The van der Waals surface area contributed by atoms with E-state index in [4.69, 9.17) is 39.9 Å². The number of benzene rings is 16. The number of imidazole rings is 16. The summed E-state index contributed by atoms with van der Waals surface area (Å²) >= 11 is 0. The molecule has 632 valence electrons. The van der Waals surface area contributed by atoms with Gasteiger partial charge in [-0.05, 0) is 238 Å². The molecule has 0 atom stereocenters. The molecular weight excluding hydrogens is 1660 g/mol. The number of nitrogens with zero attached hydrogens (tertiary/aromatic N) is 20. The molecule has 2 aliphatic carbocycles. The van der Waals surface area contributed by atoms with E-state index in [-0.39, 0.29) is 0 Å². The van der Waals surface area contributed by atoms with Gasteiger partial charge in [-0.25, -0.2) is 57.5 Å². The number of para-hydroxylation sites is 12. The van der Waals surface area contributed by atoms with Crippen molar-refractivity contribution in [2.75, 3.05) is 0 Å². The van der Waals surface area contributed by atoms with E-state index in [0.717, 1.165) is 139 Å². The van der Waals surface area contributed by atoms with Gasteiger partial charge in [0.2, 0.25) is 46.2 Å². The van der Waals surface area contributed by atoms with Gasteiger partial charge in [0.25, 0.3) is 0 Å². The summed E-state index contributed by atoms with van der Waals surface area (Å²) in [4.78, 5) is 40.1. The Morgan fingerprint density at radius 2 is 0.466 bits per heavy atom. The zero-order valence-electron chi connectivity index (χ0n) is 71.0.